The fourth-order valence-electron chi connectivity index (χ4n) is 3.31. The van der Waals surface area contributed by atoms with Crippen LogP contribution in [0.3, 0.4) is 0 Å². The number of rotatable bonds is 4. The third-order valence-corrected chi connectivity index (χ3v) is 4.60. The summed E-state index contributed by atoms with van der Waals surface area (Å²) in [6.07, 6.45) is 1.36. The molecule has 9 nitrogen and oxygen atoms in total. The van der Waals surface area contributed by atoms with E-state index in [0.717, 1.165) is 4.57 Å². The fourth-order valence-corrected chi connectivity index (χ4v) is 3.31. The van der Waals surface area contributed by atoms with Crippen LogP contribution in [0.25, 0.3) is 11.2 Å². The zero-order valence-electron chi connectivity index (χ0n) is 15.2. The smallest absolute Gasteiger partial charge is 0.332 e. The van der Waals surface area contributed by atoms with E-state index in [2.05, 4.69) is 9.97 Å². The first-order valence-electron chi connectivity index (χ1n) is 7.99. The summed E-state index contributed by atoms with van der Waals surface area (Å²) in [7, 11) is 2.89. The van der Waals surface area contributed by atoms with Crippen molar-refractivity contribution in [3.8, 4) is 0 Å². The standard InChI is InChI=1S/C17H19N5O4/c1-8-12(10(3)23)9(2)19-13(8)11(24)6-22-7-18-15-14(22)16(25)21(5)17(26)20(15)4/h7,19H,6H2,1-5H3. The minimum Gasteiger partial charge on any atom is -0.355 e. The summed E-state index contributed by atoms with van der Waals surface area (Å²) < 4.78 is 3.65. The average Bonchev–Trinajstić information content (AvgIpc) is 3.11. The van der Waals surface area contributed by atoms with E-state index in [4.69, 9.17) is 0 Å². The van der Waals surface area contributed by atoms with Gasteiger partial charge in [-0.25, -0.2) is 9.78 Å². The first-order chi connectivity index (χ1) is 12.1. The highest BCUT2D eigenvalue weighted by Gasteiger charge is 2.22. The zero-order chi connectivity index (χ0) is 19.3. The van der Waals surface area contributed by atoms with Gasteiger partial charge in [-0.3, -0.25) is 23.5 Å². The van der Waals surface area contributed by atoms with E-state index in [1.807, 2.05) is 0 Å². The van der Waals surface area contributed by atoms with Crippen molar-refractivity contribution in [2.75, 3.05) is 0 Å². The highest BCUT2D eigenvalue weighted by molar-refractivity contribution is 6.03. The van der Waals surface area contributed by atoms with Crippen LogP contribution in [-0.4, -0.2) is 35.2 Å². The summed E-state index contributed by atoms with van der Waals surface area (Å²) in [5, 5.41) is 0. The molecule has 3 aromatic rings. The topological polar surface area (TPSA) is 112 Å². The van der Waals surface area contributed by atoms with Gasteiger partial charge >= 0.3 is 5.69 Å². The van der Waals surface area contributed by atoms with E-state index < -0.39 is 11.2 Å². The number of Topliss-reactive ketones (excluding diaryl/α,β-unsaturated/α-hetero) is 2. The molecule has 3 rings (SSSR count). The Labute approximate surface area is 147 Å². The Morgan fingerprint density at radius 1 is 1.15 bits per heavy atom. The Hall–Kier alpha value is -3.23. The van der Waals surface area contributed by atoms with Crippen molar-refractivity contribution in [2.45, 2.75) is 27.3 Å². The van der Waals surface area contributed by atoms with Crippen molar-refractivity contribution in [2.24, 2.45) is 14.1 Å². The molecule has 9 heteroatoms. The SMILES string of the molecule is CC(=O)c1c(C)[nH]c(C(=O)Cn2cnc3c2c(=O)n(C)c(=O)n3C)c1C. The molecule has 0 aliphatic heterocycles. The molecule has 0 radical (unpaired) electrons. The fraction of sp³-hybridized carbons (Fsp3) is 0.353. The van der Waals surface area contributed by atoms with Crippen LogP contribution >= 0.6 is 0 Å². The van der Waals surface area contributed by atoms with Gasteiger partial charge in [0, 0.05) is 25.4 Å². The molecule has 0 spiro atoms. The van der Waals surface area contributed by atoms with Crippen LogP contribution in [0.15, 0.2) is 15.9 Å². The number of imidazole rings is 1. The van der Waals surface area contributed by atoms with Gasteiger partial charge < -0.3 is 9.55 Å². The van der Waals surface area contributed by atoms with Gasteiger partial charge in [0.1, 0.15) is 0 Å². The van der Waals surface area contributed by atoms with Crippen molar-refractivity contribution in [3.05, 3.63) is 49.7 Å². The number of ketones is 2. The molecule has 0 unspecified atom stereocenters. The Balaban J connectivity index is 2.10. The van der Waals surface area contributed by atoms with Crippen LogP contribution in [0, 0.1) is 13.8 Å². The molecule has 26 heavy (non-hydrogen) atoms. The van der Waals surface area contributed by atoms with Crippen molar-refractivity contribution in [1.82, 2.24) is 23.7 Å². The molecule has 0 saturated heterocycles. The summed E-state index contributed by atoms with van der Waals surface area (Å²) in [6.45, 7) is 4.76. The zero-order valence-corrected chi connectivity index (χ0v) is 15.2. The lowest BCUT2D eigenvalue weighted by molar-refractivity contribution is 0.0968. The second-order valence-electron chi connectivity index (χ2n) is 6.35. The number of aromatic amines is 1. The van der Waals surface area contributed by atoms with Crippen LogP contribution in [0.1, 0.15) is 39.0 Å². The number of carbonyl (C=O) groups excluding carboxylic acids is 2. The number of hydrogen-bond donors (Lipinski definition) is 1. The van der Waals surface area contributed by atoms with E-state index >= 15 is 0 Å². The lowest BCUT2D eigenvalue weighted by atomic mass is 10.1. The molecule has 136 valence electrons. The van der Waals surface area contributed by atoms with Gasteiger partial charge in [-0.2, -0.15) is 0 Å². The van der Waals surface area contributed by atoms with Gasteiger partial charge in [0.15, 0.2) is 22.7 Å². The highest BCUT2D eigenvalue weighted by Crippen LogP contribution is 2.19. The maximum absolute atomic E-state index is 12.7. The summed E-state index contributed by atoms with van der Waals surface area (Å²) in [5.74, 6) is -0.402. The van der Waals surface area contributed by atoms with Gasteiger partial charge in [0.05, 0.1) is 18.6 Å². The second-order valence-corrected chi connectivity index (χ2v) is 6.35. The Morgan fingerprint density at radius 2 is 1.81 bits per heavy atom. The van der Waals surface area contributed by atoms with E-state index in [1.165, 1.54) is 36.5 Å². The second kappa shape index (κ2) is 5.94. The lowest BCUT2D eigenvalue weighted by Gasteiger charge is -2.06. The molecule has 0 saturated carbocycles. The predicted octanol–water partition coefficient (Wildman–Crippen LogP) is 0.464. The molecular weight excluding hydrogens is 338 g/mol. The molecule has 0 aliphatic rings. The summed E-state index contributed by atoms with van der Waals surface area (Å²) in [4.78, 5) is 56.0. The van der Waals surface area contributed by atoms with Gasteiger partial charge in [0.25, 0.3) is 5.56 Å². The Morgan fingerprint density at radius 3 is 2.38 bits per heavy atom. The monoisotopic (exact) mass is 357 g/mol. The maximum atomic E-state index is 12.7. The van der Waals surface area contributed by atoms with Crippen LogP contribution in [0.2, 0.25) is 0 Å². The number of nitrogens with zero attached hydrogens (tertiary/aromatic N) is 4. The van der Waals surface area contributed by atoms with Crippen molar-refractivity contribution in [3.63, 3.8) is 0 Å². The van der Waals surface area contributed by atoms with Crippen molar-refractivity contribution >= 4 is 22.7 Å². The normalized spacial score (nSPS) is 11.3. The third kappa shape index (κ3) is 2.43. The van der Waals surface area contributed by atoms with Crippen LogP contribution < -0.4 is 11.2 Å². The third-order valence-electron chi connectivity index (χ3n) is 4.60. The number of fused-ring (bicyclic) bond motifs is 1. The number of nitrogens with one attached hydrogen (secondary N) is 1. The average molecular weight is 357 g/mol. The first kappa shape index (κ1) is 17.6. The largest absolute Gasteiger partial charge is 0.355 e. The Kier molecular flexibility index (Phi) is 4.02. The van der Waals surface area contributed by atoms with Gasteiger partial charge in [-0.05, 0) is 26.3 Å². The predicted molar refractivity (Wildman–Crippen MR) is 94.8 cm³/mol. The van der Waals surface area contributed by atoms with E-state index in [0.29, 0.717) is 22.5 Å². The van der Waals surface area contributed by atoms with Gasteiger partial charge in [-0.15, -0.1) is 0 Å². The molecule has 3 heterocycles. The summed E-state index contributed by atoms with van der Waals surface area (Å²) in [6, 6.07) is 0. The summed E-state index contributed by atoms with van der Waals surface area (Å²) in [5.41, 5.74) is 1.44. The quantitative estimate of drug-likeness (QED) is 0.682. The molecule has 0 atom stereocenters. The molecule has 0 bridgehead atoms. The van der Waals surface area contributed by atoms with E-state index in [1.54, 1.807) is 13.8 Å². The van der Waals surface area contributed by atoms with E-state index in [-0.39, 0.29) is 29.3 Å². The lowest BCUT2D eigenvalue weighted by Crippen LogP contribution is -2.37. The molecule has 1 N–H and O–H groups in total. The highest BCUT2D eigenvalue weighted by atomic mass is 16.2. The molecule has 3 aromatic heterocycles. The maximum Gasteiger partial charge on any atom is 0.332 e. The molecule has 0 amide bonds. The minimum atomic E-state index is -0.516. The number of aromatic nitrogens is 5. The van der Waals surface area contributed by atoms with Gasteiger partial charge in [0.2, 0.25) is 0 Å². The van der Waals surface area contributed by atoms with E-state index in [9.17, 15) is 19.2 Å². The van der Waals surface area contributed by atoms with Crippen LogP contribution in [0.4, 0.5) is 0 Å². The van der Waals surface area contributed by atoms with Crippen LogP contribution in [0.5, 0.6) is 0 Å². The molecular formula is C17H19N5O4. The first-order valence-corrected chi connectivity index (χ1v) is 7.99. The van der Waals surface area contributed by atoms with Crippen LogP contribution in [-0.2, 0) is 20.6 Å². The number of H-pyrrole nitrogens is 1. The Bertz CT molecular complexity index is 1190. The van der Waals surface area contributed by atoms with Gasteiger partial charge in [-0.1, -0.05) is 0 Å². The number of carbonyl (C=O) groups is 2. The molecule has 0 fully saturated rings. The van der Waals surface area contributed by atoms with Crippen molar-refractivity contribution < 1.29 is 9.59 Å². The summed E-state index contributed by atoms with van der Waals surface area (Å²) >= 11 is 0. The molecule has 0 aliphatic carbocycles. The number of hydrogen-bond acceptors (Lipinski definition) is 5. The number of aryl methyl sites for hydroxylation is 2. The van der Waals surface area contributed by atoms with Crippen molar-refractivity contribution in [1.29, 1.82) is 0 Å². The molecule has 0 aromatic carbocycles. The minimum absolute atomic E-state index is 0.118.